The number of rotatable bonds is 3. The minimum atomic E-state index is -0.305. The Kier molecular flexibility index (Phi) is 3.13. The zero-order valence-corrected chi connectivity index (χ0v) is 13.8. The van der Waals surface area contributed by atoms with Crippen LogP contribution in [0.15, 0.2) is 48.5 Å². The number of carbonyl (C=O) groups excluding carboxylic acids is 2. The molecular weight excluding hydrogens is 314 g/mol. The molecule has 1 fully saturated rings. The van der Waals surface area contributed by atoms with Gasteiger partial charge in [-0.3, -0.25) is 14.5 Å². The van der Waals surface area contributed by atoms with Crippen molar-refractivity contribution >= 4 is 11.8 Å². The summed E-state index contributed by atoms with van der Waals surface area (Å²) in [4.78, 5) is 27.6. The molecule has 25 heavy (non-hydrogen) atoms. The lowest BCUT2D eigenvalue weighted by atomic mass is 9.55. The van der Waals surface area contributed by atoms with Crippen LogP contribution in [0.4, 0.5) is 0 Å². The molecule has 3 aliphatic carbocycles. The summed E-state index contributed by atoms with van der Waals surface area (Å²) in [6.45, 7) is 0.299. The van der Waals surface area contributed by atoms with E-state index in [2.05, 4.69) is 24.3 Å². The van der Waals surface area contributed by atoms with Gasteiger partial charge in [0, 0.05) is 25.0 Å². The van der Waals surface area contributed by atoms with Crippen LogP contribution in [0.1, 0.15) is 40.5 Å². The van der Waals surface area contributed by atoms with E-state index in [1.54, 1.807) is 0 Å². The Hall–Kier alpha value is -2.46. The van der Waals surface area contributed by atoms with Crippen molar-refractivity contribution < 1.29 is 14.7 Å². The lowest BCUT2D eigenvalue weighted by molar-refractivity contribution is -0.140. The second-order valence-corrected chi connectivity index (χ2v) is 7.17. The summed E-state index contributed by atoms with van der Waals surface area (Å²) in [6, 6.07) is 16.5. The van der Waals surface area contributed by atoms with E-state index < -0.39 is 0 Å². The third-order valence-corrected chi connectivity index (χ3v) is 6.08. The van der Waals surface area contributed by atoms with Gasteiger partial charge in [-0.05, 0) is 28.7 Å². The van der Waals surface area contributed by atoms with Gasteiger partial charge in [-0.25, -0.2) is 0 Å². The normalized spacial score (nSPS) is 28.8. The van der Waals surface area contributed by atoms with Crippen LogP contribution in [0.5, 0.6) is 0 Å². The highest BCUT2D eigenvalue weighted by Crippen LogP contribution is 2.60. The molecule has 2 amide bonds. The van der Waals surface area contributed by atoms with Crippen molar-refractivity contribution in [2.45, 2.75) is 18.3 Å². The number of imide groups is 1. The highest BCUT2D eigenvalue weighted by atomic mass is 16.3. The van der Waals surface area contributed by atoms with Gasteiger partial charge >= 0.3 is 0 Å². The molecule has 2 aromatic rings. The molecule has 0 saturated carbocycles. The van der Waals surface area contributed by atoms with Crippen LogP contribution in [0, 0.1) is 11.8 Å². The number of benzene rings is 2. The Morgan fingerprint density at radius 3 is 1.52 bits per heavy atom. The molecule has 2 bridgehead atoms. The van der Waals surface area contributed by atoms with Crippen molar-refractivity contribution in [3.63, 3.8) is 0 Å². The molecule has 1 saturated heterocycles. The molecule has 4 heteroatoms. The monoisotopic (exact) mass is 333 g/mol. The van der Waals surface area contributed by atoms with Crippen LogP contribution in [0.25, 0.3) is 0 Å². The fourth-order valence-corrected chi connectivity index (χ4v) is 5.19. The summed E-state index contributed by atoms with van der Waals surface area (Å²) in [5, 5.41) is 9.11. The van der Waals surface area contributed by atoms with Crippen molar-refractivity contribution in [1.29, 1.82) is 0 Å². The highest BCUT2D eigenvalue weighted by molar-refractivity contribution is 6.07. The fraction of sp³-hybridized carbons (Fsp3) is 0.333. The molecule has 126 valence electrons. The molecule has 0 aromatic heterocycles. The van der Waals surface area contributed by atoms with Gasteiger partial charge in [-0.1, -0.05) is 48.5 Å². The van der Waals surface area contributed by atoms with Crippen LogP contribution in [0.3, 0.4) is 0 Å². The highest BCUT2D eigenvalue weighted by Gasteiger charge is 2.61. The smallest absolute Gasteiger partial charge is 0.234 e. The van der Waals surface area contributed by atoms with Crippen LogP contribution < -0.4 is 0 Å². The predicted octanol–water partition coefficient (Wildman–Crippen LogP) is 2.26. The predicted molar refractivity (Wildman–Crippen MR) is 92.0 cm³/mol. The summed E-state index contributed by atoms with van der Waals surface area (Å²) < 4.78 is 0. The van der Waals surface area contributed by atoms with Gasteiger partial charge < -0.3 is 5.11 Å². The first-order valence-corrected chi connectivity index (χ1v) is 8.87. The second-order valence-electron chi connectivity index (χ2n) is 7.17. The third kappa shape index (κ3) is 1.80. The topological polar surface area (TPSA) is 57.6 Å². The summed E-state index contributed by atoms with van der Waals surface area (Å²) in [6.07, 6.45) is 0.437. The molecule has 4 aliphatic rings. The molecule has 1 heterocycles. The second kappa shape index (κ2) is 5.27. The Morgan fingerprint density at radius 2 is 1.16 bits per heavy atom. The minimum absolute atomic E-state index is 0.0142. The van der Waals surface area contributed by atoms with E-state index >= 15 is 0 Å². The molecule has 1 aliphatic heterocycles. The van der Waals surface area contributed by atoms with Gasteiger partial charge in [-0.15, -0.1) is 0 Å². The first kappa shape index (κ1) is 14.8. The quantitative estimate of drug-likeness (QED) is 0.877. The van der Waals surface area contributed by atoms with Crippen molar-refractivity contribution in [2.24, 2.45) is 11.8 Å². The molecule has 2 atom stereocenters. The summed E-state index contributed by atoms with van der Waals surface area (Å²) >= 11 is 0. The van der Waals surface area contributed by atoms with E-state index in [4.69, 9.17) is 5.11 Å². The van der Waals surface area contributed by atoms with Gasteiger partial charge in [0.15, 0.2) is 0 Å². The number of likely N-dealkylation sites (tertiary alicyclic amines) is 1. The SMILES string of the molecule is O=C1[C@@H]2C3c4ccccc4C(c4ccccc43)[C@@H]2C(=O)N1CCCO. The number of aliphatic hydroxyl groups is 1. The van der Waals surface area contributed by atoms with Gasteiger partial charge in [0.2, 0.25) is 11.8 Å². The van der Waals surface area contributed by atoms with E-state index in [0.29, 0.717) is 13.0 Å². The molecule has 1 N–H and O–H groups in total. The molecule has 2 aromatic carbocycles. The Bertz CT molecular complexity index is 775. The lowest BCUT2D eigenvalue weighted by Gasteiger charge is -2.45. The summed E-state index contributed by atoms with van der Waals surface area (Å²) in [5.74, 6) is -0.831. The summed E-state index contributed by atoms with van der Waals surface area (Å²) in [7, 11) is 0. The molecule has 6 rings (SSSR count). The number of amides is 2. The molecule has 0 radical (unpaired) electrons. The molecule has 0 unspecified atom stereocenters. The average Bonchev–Trinajstić information content (AvgIpc) is 2.91. The number of aliphatic hydroxyl groups excluding tert-OH is 1. The van der Waals surface area contributed by atoms with E-state index in [1.807, 2.05) is 24.3 Å². The Labute approximate surface area is 146 Å². The van der Waals surface area contributed by atoms with Gasteiger partial charge in [-0.2, -0.15) is 0 Å². The zero-order valence-electron chi connectivity index (χ0n) is 13.8. The molecule has 4 nitrogen and oxygen atoms in total. The van der Waals surface area contributed by atoms with Crippen LogP contribution in [0.2, 0.25) is 0 Å². The van der Waals surface area contributed by atoms with Crippen LogP contribution in [-0.4, -0.2) is 35.0 Å². The molecular formula is C21H19NO3. The number of carbonyl (C=O) groups is 2. The van der Waals surface area contributed by atoms with E-state index in [9.17, 15) is 9.59 Å². The summed E-state index contributed by atoms with van der Waals surface area (Å²) in [5.41, 5.74) is 4.77. The number of hydrogen-bond donors (Lipinski definition) is 1. The van der Waals surface area contributed by atoms with E-state index in [-0.39, 0.29) is 42.1 Å². The lowest BCUT2D eigenvalue weighted by Crippen LogP contribution is -2.41. The van der Waals surface area contributed by atoms with Crippen molar-refractivity contribution in [3.8, 4) is 0 Å². The third-order valence-electron chi connectivity index (χ3n) is 6.08. The largest absolute Gasteiger partial charge is 0.396 e. The van der Waals surface area contributed by atoms with Crippen molar-refractivity contribution in [2.75, 3.05) is 13.2 Å². The van der Waals surface area contributed by atoms with E-state index in [1.165, 1.54) is 27.2 Å². The average molecular weight is 333 g/mol. The van der Waals surface area contributed by atoms with Crippen molar-refractivity contribution in [3.05, 3.63) is 70.8 Å². The number of nitrogens with zero attached hydrogens (tertiary/aromatic N) is 1. The molecule has 0 spiro atoms. The number of hydrogen-bond acceptors (Lipinski definition) is 3. The van der Waals surface area contributed by atoms with Gasteiger partial charge in [0.25, 0.3) is 0 Å². The van der Waals surface area contributed by atoms with Crippen molar-refractivity contribution in [1.82, 2.24) is 4.90 Å². The van der Waals surface area contributed by atoms with E-state index in [0.717, 1.165) is 0 Å². The van der Waals surface area contributed by atoms with Gasteiger partial charge in [0.1, 0.15) is 0 Å². The first-order valence-electron chi connectivity index (χ1n) is 8.87. The van der Waals surface area contributed by atoms with Gasteiger partial charge in [0.05, 0.1) is 11.8 Å². The maximum atomic E-state index is 13.1. The van der Waals surface area contributed by atoms with Crippen LogP contribution >= 0.6 is 0 Å². The maximum Gasteiger partial charge on any atom is 0.234 e. The fourth-order valence-electron chi connectivity index (χ4n) is 5.19. The maximum absolute atomic E-state index is 13.1. The zero-order chi connectivity index (χ0) is 17.1. The minimum Gasteiger partial charge on any atom is -0.396 e. The Balaban J connectivity index is 1.70. The van der Waals surface area contributed by atoms with Crippen LogP contribution in [-0.2, 0) is 9.59 Å². The first-order chi connectivity index (χ1) is 12.2. The standard InChI is InChI=1S/C21H19NO3/c23-11-5-10-22-20(24)18-16-12-6-1-2-7-13(12)17(19(18)21(22)25)15-9-4-3-8-14(15)16/h1-4,6-9,16-19,23H,5,10-11H2/t16?,17?,18-,19+. The Morgan fingerprint density at radius 1 is 0.760 bits per heavy atom.